The van der Waals surface area contributed by atoms with Crippen LogP contribution < -0.4 is 84.1 Å². The second-order valence-corrected chi connectivity index (χ2v) is 20.5. The second-order valence-electron chi connectivity index (χ2n) is 19.0. The highest BCUT2D eigenvalue weighted by atomic mass is 35.7. The molecule has 82 heavy (non-hydrogen) atoms. The average Bonchev–Trinajstić information content (AvgIpc) is 3.14. The molecule has 0 saturated carbocycles. The van der Waals surface area contributed by atoms with Gasteiger partial charge in [-0.15, -0.1) is 60.4 Å². The summed E-state index contributed by atoms with van der Waals surface area (Å²) in [6.07, 6.45) is 6.76. The number of likely N-dealkylation sites (N-methyl/N-ethyl adjacent to an activating group) is 4. The van der Waals surface area contributed by atoms with Crippen LogP contribution in [-0.2, 0) is 0 Å². The van der Waals surface area contributed by atoms with Crippen molar-refractivity contribution in [2.45, 2.75) is 119 Å². The maximum Gasteiger partial charge on any atom is 0.338 e. The molecule has 0 N–H and O–H groups in total. The van der Waals surface area contributed by atoms with Crippen LogP contribution in [0.5, 0.6) is 48.1 Å². The molecule has 34 heteroatoms. The van der Waals surface area contributed by atoms with Crippen molar-refractivity contribution in [1.82, 2.24) is 78.6 Å². The van der Waals surface area contributed by atoms with E-state index in [4.69, 9.17) is 115 Å². The number of halogens is 2. The van der Waals surface area contributed by atoms with Gasteiger partial charge in [-0.25, -0.2) is 46.2 Å². The molecule has 2 saturated heterocycles. The first-order valence-corrected chi connectivity index (χ1v) is 29.7. The minimum Gasteiger partial charge on any atom is -0.463 e. The summed E-state index contributed by atoms with van der Waals surface area (Å²) >= 11 is 0. The summed E-state index contributed by atoms with van der Waals surface area (Å²) in [5, 5.41) is 0. The molecular weight excluding hydrogens is 1130 g/mol. The standard InChI is InChI=1S/2C24H41N8O4.2ClHO4/c2*1-7-13-33-21-25-19(26-22(29-21)34-14-8-2)18-17-31(5)11-12-32(18,6)20-27-23(35-15-9-3)30-24(28-20)36-16-10-4;2*2-1(3,4)5/h2*18H,7-17H2,1-6H3;2*(H,2,3,4,5)/q2*+1;;/p-2. The largest absolute Gasteiger partial charge is 0.463 e. The van der Waals surface area contributed by atoms with E-state index >= 15 is 0 Å². The fraction of sp³-hybridized carbons (Fsp3) is 0.750. The number of hydrogen-bond acceptors (Lipinski definition) is 30. The van der Waals surface area contributed by atoms with Gasteiger partial charge in [-0.3, -0.25) is 9.80 Å². The molecule has 4 aromatic rings. The van der Waals surface area contributed by atoms with Gasteiger partial charge in [0.15, 0.2) is 23.7 Å². The molecule has 32 nitrogen and oxygen atoms in total. The van der Waals surface area contributed by atoms with Gasteiger partial charge in [0.1, 0.15) is 0 Å². The first-order valence-electron chi connectivity index (χ1n) is 27.2. The van der Waals surface area contributed by atoms with E-state index in [1.807, 2.05) is 55.4 Å². The van der Waals surface area contributed by atoms with Gasteiger partial charge in [-0.2, -0.15) is 19.9 Å². The van der Waals surface area contributed by atoms with E-state index in [1.165, 1.54) is 0 Å². The monoisotopic (exact) mass is 1210 g/mol. The molecule has 6 rings (SSSR count). The van der Waals surface area contributed by atoms with E-state index in [-0.39, 0.29) is 60.2 Å². The predicted octanol–water partition coefficient (Wildman–Crippen LogP) is -3.84. The summed E-state index contributed by atoms with van der Waals surface area (Å²) in [6, 6.07) is 1.70. The SMILES string of the molecule is CCCOc1nc(OCCC)nc(C2CN(C)CC[N+]2(C)c2nc(OCCC)nc(OCCC)n2)n1.CCCOc1nc(OCCC)nc(C2CN(C)CC[N+]2(C)c2nc(OCCC)nc(OCCC)n2)n1.[O-][Cl+3]([O-])([O-])[O-].[O-][Cl+3]([O-])([O-])[O-]. The lowest BCUT2D eigenvalue weighted by Crippen LogP contribution is -2.68. The molecule has 4 unspecified atom stereocenters. The first kappa shape index (κ1) is 70.8. The van der Waals surface area contributed by atoms with Gasteiger partial charge in [0.25, 0.3) is 0 Å². The van der Waals surface area contributed by atoms with Gasteiger partial charge in [0.2, 0.25) is 0 Å². The van der Waals surface area contributed by atoms with Crippen molar-refractivity contribution < 1.29 is 95.7 Å². The predicted molar refractivity (Wildman–Crippen MR) is 271 cm³/mol. The molecule has 0 aliphatic carbocycles. The van der Waals surface area contributed by atoms with Crippen molar-refractivity contribution in [1.29, 1.82) is 0 Å². The molecule has 2 aliphatic heterocycles. The van der Waals surface area contributed by atoms with E-state index in [1.54, 1.807) is 0 Å². The lowest BCUT2D eigenvalue weighted by Gasteiger charge is -2.44. The maximum absolute atomic E-state index is 8.49. The minimum absolute atomic E-state index is 0.208. The number of aromatic nitrogens is 12. The molecule has 0 spiro atoms. The van der Waals surface area contributed by atoms with Crippen LogP contribution in [0.15, 0.2) is 0 Å². The van der Waals surface area contributed by atoms with E-state index in [9.17, 15) is 0 Å². The molecule has 0 amide bonds. The Hall–Kier alpha value is -5.46. The molecule has 0 aromatic carbocycles. The van der Waals surface area contributed by atoms with Crippen LogP contribution in [-0.4, -0.2) is 190 Å². The van der Waals surface area contributed by atoms with Crippen molar-refractivity contribution in [2.75, 3.05) is 120 Å². The van der Waals surface area contributed by atoms with E-state index < -0.39 is 20.5 Å². The van der Waals surface area contributed by atoms with Crippen molar-refractivity contribution in [3.63, 3.8) is 0 Å². The highest BCUT2D eigenvalue weighted by Gasteiger charge is 2.48. The third-order valence-electron chi connectivity index (χ3n) is 11.6. The number of quaternary nitrogens is 2. The highest BCUT2D eigenvalue weighted by Crippen LogP contribution is 2.37. The number of piperazine rings is 2. The normalized spacial score (nSPS) is 19.2. The smallest absolute Gasteiger partial charge is 0.338 e. The van der Waals surface area contributed by atoms with Crippen LogP contribution in [0.1, 0.15) is 130 Å². The average molecular weight is 1210 g/mol. The third kappa shape index (κ3) is 25.2. The van der Waals surface area contributed by atoms with Gasteiger partial charge >= 0.3 is 60.0 Å². The van der Waals surface area contributed by atoms with Crippen LogP contribution >= 0.6 is 0 Å². The lowest BCUT2D eigenvalue weighted by atomic mass is 10.1. The Bertz CT molecular complexity index is 2180. The number of rotatable bonds is 28. The van der Waals surface area contributed by atoms with Crippen LogP contribution in [0.25, 0.3) is 0 Å². The summed E-state index contributed by atoms with van der Waals surface area (Å²) in [5.74, 6) is 2.24. The highest BCUT2D eigenvalue weighted by molar-refractivity contribution is 5.34. The zero-order chi connectivity index (χ0) is 60.9. The van der Waals surface area contributed by atoms with E-state index in [0.717, 1.165) is 77.5 Å². The Kier molecular flexibility index (Phi) is 30.8. The van der Waals surface area contributed by atoms with Gasteiger partial charge in [-0.1, -0.05) is 55.4 Å². The van der Waals surface area contributed by atoms with Gasteiger partial charge in [0.05, 0.1) is 93.1 Å². The number of ether oxygens (including phenoxy) is 8. The van der Waals surface area contributed by atoms with Crippen LogP contribution in [0.2, 0.25) is 0 Å². The molecule has 4 aromatic heterocycles. The van der Waals surface area contributed by atoms with Crippen molar-refractivity contribution in [3.8, 4) is 48.1 Å². The summed E-state index contributed by atoms with van der Waals surface area (Å²) < 4.78 is 115. The van der Waals surface area contributed by atoms with Crippen molar-refractivity contribution in [2.24, 2.45) is 0 Å². The summed E-state index contributed by atoms with van der Waals surface area (Å²) in [7, 11) is -1.55. The first-order chi connectivity index (χ1) is 38.9. The molecule has 2 fully saturated rings. The zero-order valence-corrected chi connectivity index (χ0v) is 50.7. The second kappa shape index (κ2) is 35.6. The molecule has 2 aliphatic rings. The van der Waals surface area contributed by atoms with Gasteiger partial charge < -0.3 is 37.9 Å². The van der Waals surface area contributed by atoms with Gasteiger partial charge in [-0.05, 0) is 65.5 Å². The van der Waals surface area contributed by atoms with E-state index in [0.29, 0.717) is 98.5 Å². The number of nitrogens with zero attached hydrogens (tertiary/aromatic N) is 16. The summed E-state index contributed by atoms with van der Waals surface area (Å²) in [4.78, 5) is 59.7. The Labute approximate surface area is 483 Å². The van der Waals surface area contributed by atoms with Crippen LogP contribution in [0.3, 0.4) is 0 Å². The topological polar surface area (TPSA) is 419 Å². The quantitative estimate of drug-likeness (QED) is 0.0491. The Morgan fingerprint density at radius 3 is 0.720 bits per heavy atom. The number of hydrogen-bond donors (Lipinski definition) is 0. The maximum atomic E-state index is 8.49. The van der Waals surface area contributed by atoms with Gasteiger partial charge in [0, 0.05) is 13.1 Å². The minimum atomic E-state index is -4.94. The molecule has 0 bridgehead atoms. The zero-order valence-electron chi connectivity index (χ0n) is 49.2. The summed E-state index contributed by atoms with van der Waals surface area (Å²) in [6.45, 7) is 24.9. The molecule has 464 valence electrons. The van der Waals surface area contributed by atoms with Crippen molar-refractivity contribution in [3.05, 3.63) is 11.6 Å². The lowest BCUT2D eigenvalue weighted by molar-refractivity contribution is -2.00. The molecular formula is C48H82Cl2N16O16. The Balaban J connectivity index is 0.000000369. The third-order valence-corrected chi connectivity index (χ3v) is 11.6. The Morgan fingerprint density at radius 1 is 0.354 bits per heavy atom. The molecule has 4 atom stereocenters. The van der Waals surface area contributed by atoms with Crippen molar-refractivity contribution >= 4 is 11.9 Å². The molecule has 0 radical (unpaired) electrons. The Morgan fingerprint density at radius 2 is 0.537 bits per heavy atom. The van der Waals surface area contributed by atoms with Crippen LogP contribution in [0, 0.1) is 20.5 Å². The molecule has 6 heterocycles. The summed E-state index contributed by atoms with van der Waals surface area (Å²) in [5.41, 5.74) is 0. The fourth-order valence-electron chi connectivity index (χ4n) is 7.53. The fourth-order valence-corrected chi connectivity index (χ4v) is 7.53. The van der Waals surface area contributed by atoms with E-state index in [2.05, 4.69) is 57.9 Å². The van der Waals surface area contributed by atoms with Crippen LogP contribution in [0.4, 0.5) is 11.9 Å².